The Morgan fingerprint density at radius 2 is 1.94 bits per heavy atom. The zero-order chi connectivity index (χ0) is 11.9. The zero-order valence-corrected chi connectivity index (χ0v) is 9.95. The quantitative estimate of drug-likeness (QED) is 0.418. The lowest BCUT2D eigenvalue weighted by molar-refractivity contribution is 0.307. The highest BCUT2D eigenvalue weighted by Crippen LogP contribution is 2.06. The number of hydrogen-bond donors (Lipinski definition) is 0. The Bertz CT molecular complexity index is 409. The normalized spacial score (nSPS) is 11.2. The number of benzene rings is 1. The minimum absolute atomic E-state index is 0.0475. The van der Waals surface area contributed by atoms with Gasteiger partial charge in [0.25, 0.3) is 10.1 Å². The van der Waals surface area contributed by atoms with Crippen LogP contribution in [-0.4, -0.2) is 14.2 Å². The summed E-state index contributed by atoms with van der Waals surface area (Å²) in [5, 5.41) is 0. The van der Waals surface area contributed by atoms with Crippen LogP contribution in [-0.2, 0) is 20.9 Å². The van der Waals surface area contributed by atoms with E-state index in [1.165, 1.54) is 0 Å². The second kappa shape index (κ2) is 6.45. The number of rotatable bonds is 7. The highest BCUT2D eigenvalue weighted by atomic mass is 32.2. The maximum absolute atomic E-state index is 11.4. The lowest BCUT2D eigenvalue weighted by Gasteiger charge is -2.04. The first kappa shape index (κ1) is 12.9. The van der Waals surface area contributed by atoms with Crippen LogP contribution in [0.5, 0.6) is 0 Å². The van der Waals surface area contributed by atoms with Crippen LogP contribution in [0.25, 0.3) is 0 Å². The van der Waals surface area contributed by atoms with Crippen LogP contribution in [0.2, 0.25) is 0 Å². The van der Waals surface area contributed by atoms with Gasteiger partial charge in [0, 0.05) is 0 Å². The maximum Gasteiger partial charge on any atom is 0.267 e. The molecule has 16 heavy (non-hydrogen) atoms. The van der Waals surface area contributed by atoms with Crippen molar-refractivity contribution < 1.29 is 12.6 Å². The third kappa shape index (κ3) is 5.09. The summed E-state index contributed by atoms with van der Waals surface area (Å²) < 4.78 is 27.7. The van der Waals surface area contributed by atoms with Gasteiger partial charge in [0.2, 0.25) is 0 Å². The third-order valence-electron chi connectivity index (χ3n) is 2.05. The average molecular weight is 240 g/mol. The van der Waals surface area contributed by atoms with Gasteiger partial charge in [-0.05, 0) is 18.4 Å². The van der Waals surface area contributed by atoms with Crippen molar-refractivity contribution in [2.24, 2.45) is 0 Å². The Morgan fingerprint density at radius 1 is 1.25 bits per heavy atom. The van der Waals surface area contributed by atoms with E-state index in [0.29, 0.717) is 12.8 Å². The molecule has 0 aliphatic rings. The summed E-state index contributed by atoms with van der Waals surface area (Å²) >= 11 is 0. The Labute approximate surface area is 96.9 Å². The van der Waals surface area contributed by atoms with E-state index in [9.17, 15) is 8.42 Å². The Kier molecular flexibility index (Phi) is 5.22. The molecule has 0 unspecified atom stereocenters. The SMILES string of the molecule is C=CCCCS(=O)(=O)OCc1ccccc1. The van der Waals surface area contributed by atoms with E-state index in [2.05, 4.69) is 6.58 Å². The van der Waals surface area contributed by atoms with Crippen molar-refractivity contribution in [2.75, 3.05) is 5.75 Å². The molecule has 1 rings (SSSR count). The highest BCUT2D eigenvalue weighted by molar-refractivity contribution is 7.86. The second-order valence-corrected chi connectivity index (χ2v) is 5.20. The molecular formula is C12H16O3S. The molecule has 0 aromatic heterocycles. The largest absolute Gasteiger partial charge is 0.267 e. The molecule has 0 amide bonds. The first-order valence-corrected chi connectivity index (χ1v) is 6.74. The summed E-state index contributed by atoms with van der Waals surface area (Å²) in [5.41, 5.74) is 0.856. The molecule has 0 bridgehead atoms. The van der Waals surface area contributed by atoms with Crippen molar-refractivity contribution in [1.82, 2.24) is 0 Å². The predicted octanol–water partition coefficient (Wildman–Crippen LogP) is 2.50. The van der Waals surface area contributed by atoms with Gasteiger partial charge in [-0.1, -0.05) is 36.4 Å². The van der Waals surface area contributed by atoms with Crippen LogP contribution in [0, 0.1) is 0 Å². The minimum Gasteiger partial charge on any atom is -0.265 e. The predicted molar refractivity (Wildman–Crippen MR) is 64.4 cm³/mol. The molecule has 0 aliphatic heterocycles. The smallest absolute Gasteiger partial charge is 0.265 e. The van der Waals surface area contributed by atoms with Gasteiger partial charge in [-0.2, -0.15) is 8.42 Å². The summed E-state index contributed by atoms with van der Waals surface area (Å²) in [6.07, 6.45) is 2.95. The van der Waals surface area contributed by atoms with Crippen molar-refractivity contribution >= 4 is 10.1 Å². The van der Waals surface area contributed by atoms with Gasteiger partial charge < -0.3 is 0 Å². The van der Waals surface area contributed by atoms with Crippen LogP contribution in [0.15, 0.2) is 43.0 Å². The first-order valence-electron chi connectivity index (χ1n) is 5.16. The van der Waals surface area contributed by atoms with E-state index in [0.717, 1.165) is 5.56 Å². The molecule has 4 heteroatoms. The van der Waals surface area contributed by atoms with Crippen molar-refractivity contribution in [2.45, 2.75) is 19.4 Å². The highest BCUT2D eigenvalue weighted by Gasteiger charge is 2.10. The molecule has 0 fully saturated rings. The maximum atomic E-state index is 11.4. The van der Waals surface area contributed by atoms with Crippen molar-refractivity contribution in [3.05, 3.63) is 48.6 Å². The van der Waals surface area contributed by atoms with Crippen LogP contribution in [0.3, 0.4) is 0 Å². The molecule has 0 saturated carbocycles. The molecule has 88 valence electrons. The number of unbranched alkanes of at least 4 members (excludes halogenated alkanes) is 1. The second-order valence-electron chi connectivity index (χ2n) is 3.44. The fourth-order valence-corrected chi connectivity index (χ4v) is 2.15. The Morgan fingerprint density at radius 3 is 2.56 bits per heavy atom. The number of allylic oxidation sites excluding steroid dienone is 1. The molecule has 0 heterocycles. The lowest BCUT2D eigenvalue weighted by Crippen LogP contribution is -2.10. The van der Waals surface area contributed by atoms with E-state index in [4.69, 9.17) is 4.18 Å². The van der Waals surface area contributed by atoms with Crippen molar-refractivity contribution in [3.8, 4) is 0 Å². The Hall–Kier alpha value is -1.13. The van der Waals surface area contributed by atoms with Gasteiger partial charge in [-0.3, -0.25) is 4.18 Å². The van der Waals surface area contributed by atoms with Crippen molar-refractivity contribution in [3.63, 3.8) is 0 Å². The zero-order valence-electron chi connectivity index (χ0n) is 9.13. The van der Waals surface area contributed by atoms with E-state index in [1.807, 2.05) is 30.3 Å². The summed E-state index contributed by atoms with van der Waals surface area (Å²) in [6, 6.07) is 9.24. The van der Waals surface area contributed by atoms with Crippen LogP contribution in [0.4, 0.5) is 0 Å². The van der Waals surface area contributed by atoms with Gasteiger partial charge in [0.1, 0.15) is 0 Å². The average Bonchev–Trinajstić information content (AvgIpc) is 2.28. The molecule has 1 aromatic carbocycles. The summed E-state index contributed by atoms with van der Waals surface area (Å²) in [4.78, 5) is 0. The molecule has 0 spiro atoms. The molecule has 1 aromatic rings. The van der Waals surface area contributed by atoms with Crippen molar-refractivity contribution in [1.29, 1.82) is 0 Å². The van der Waals surface area contributed by atoms with Gasteiger partial charge in [-0.15, -0.1) is 6.58 Å². The molecular weight excluding hydrogens is 224 g/mol. The van der Waals surface area contributed by atoms with Gasteiger partial charge in [0.15, 0.2) is 0 Å². The molecule has 3 nitrogen and oxygen atoms in total. The van der Waals surface area contributed by atoms with Gasteiger partial charge >= 0.3 is 0 Å². The van der Waals surface area contributed by atoms with E-state index in [-0.39, 0.29) is 12.4 Å². The van der Waals surface area contributed by atoms with Crippen LogP contribution in [0.1, 0.15) is 18.4 Å². The topological polar surface area (TPSA) is 43.4 Å². The summed E-state index contributed by atoms with van der Waals surface area (Å²) in [5.74, 6) is 0.0475. The fourth-order valence-electron chi connectivity index (χ4n) is 1.20. The van der Waals surface area contributed by atoms with E-state index >= 15 is 0 Å². The lowest BCUT2D eigenvalue weighted by atomic mass is 10.2. The summed E-state index contributed by atoms with van der Waals surface area (Å²) in [6.45, 7) is 3.65. The third-order valence-corrected chi connectivity index (χ3v) is 3.32. The first-order chi connectivity index (χ1) is 7.64. The summed E-state index contributed by atoms with van der Waals surface area (Å²) in [7, 11) is -3.40. The number of hydrogen-bond acceptors (Lipinski definition) is 3. The standard InChI is InChI=1S/C12H16O3S/c1-2-3-7-10-16(13,14)15-11-12-8-5-4-6-9-12/h2,4-6,8-9H,1,3,7,10-11H2. The van der Waals surface area contributed by atoms with E-state index < -0.39 is 10.1 Å². The van der Waals surface area contributed by atoms with Crippen LogP contribution < -0.4 is 0 Å². The van der Waals surface area contributed by atoms with E-state index in [1.54, 1.807) is 6.08 Å². The van der Waals surface area contributed by atoms with Gasteiger partial charge in [-0.25, -0.2) is 0 Å². The fraction of sp³-hybridized carbons (Fsp3) is 0.333. The molecule has 0 radical (unpaired) electrons. The molecule has 0 N–H and O–H groups in total. The molecule has 0 aliphatic carbocycles. The monoisotopic (exact) mass is 240 g/mol. The van der Waals surface area contributed by atoms with Crippen LogP contribution >= 0.6 is 0 Å². The molecule has 0 saturated heterocycles. The van der Waals surface area contributed by atoms with Gasteiger partial charge in [0.05, 0.1) is 12.4 Å². The Balaban J connectivity index is 2.39. The molecule has 0 atom stereocenters. The minimum atomic E-state index is -3.40.